The standard InChI is InChI=1S/C15H13N3O3S/c1-9-8-22-15(16-9)17-14(19)11-7-13(21-18-11)10-5-3-4-6-12(10)20-2/h3-8H,1-2H3,(H,16,17,19). The van der Waals surface area contributed by atoms with Gasteiger partial charge in [0.1, 0.15) is 5.75 Å². The van der Waals surface area contributed by atoms with Gasteiger partial charge in [0.05, 0.1) is 18.4 Å². The number of thiazole rings is 1. The van der Waals surface area contributed by atoms with Crippen molar-refractivity contribution in [2.24, 2.45) is 0 Å². The number of benzene rings is 1. The van der Waals surface area contributed by atoms with Crippen molar-refractivity contribution >= 4 is 22.4 Å². The van der Waals surface area contributed by atoms with Crippen molar-refractivity contribution in [2.75, 3.05) is 12.4 Å². The maximum absolute atomic E-state index is 12.1. The number of methoxy groups -OCH3 is 1. The molecule has 0 radical (unpaired) electrons. The molecule has 1 aromatic carbocycles. The summed E-state index contributed by atoms with van der Waals surface area (Å²) in [7, 11) is 1.58. The molecule has 6 nitrogen and oxygen atoms in total. The van der Waals surface area contributed by atoms with Gasteiger partial charge in [-0.15, -0.1) is 11.3 Å². The van der Waals surface area contributed by atoms with Crippen LogP contribution in [0.2, 0.25) is 0 Å². The molecule has 1 N–H and O–H groups in total. The van der Waals surface area contributed by atoms with E-state index in [1.54, 1.807) is 13.2 Å². The number of hydrogen-bond donors (Lipinski definition) is 1. The maximum Gasteiger partial charge on any atom is 0.279 e. The van der Waals surface area contributed by atoms with Crippen LogP contribution in [0.15, 0.2) is 40.2 Å². The molecule has 0 saturated carbocycles. The van der Waals surface area contributed by atoms with Crippen LogP contribution in [0.1, 0.15) is 16.2 Å². The summed E-state index contributed by atoms with van der Waals surface area (Å²) in [6.45, 7) is 1.86. The van der Waals surface area contributed by atoms with Gasteiger partial charge in [-0.25, -0.2) is 4.98 Å². The van der Waals surface area contributed by atoms with E-state index in [2.05, 4.69) is 15.5 Å². The fourth-order valence-corrected chi connectivity index (χ4v) is 2.61. The Morgan fingerprint density at radius 2 is 2.18 bits per heavy atom. The molecule has 112 valence electrons. The molecule has 0 aliphatic heterocycles. The van der Waals surface area contributed by atoms with Crippen LogP contribution in [0.3, 0.4) is 0 Å². The van der Waals surface area contributed by atoms with Crippen LogP contribution in [0, 0.1) is 6.92 Å². The minimum Gasteiger partial charge on any atom is -0.496 e. The monoisotopic (exact) mass is 315 g/mol. The first-order chi connectivity index (χ1) is 10.7. The number of rotatable bonds is 4. The van der Waals surface area contributed by atoms with Crippen LogP contribution >= 0.6 is 11.3 Å². The van der Waals surface area contributed by atoms with Crippen LogP contribution in [-0.4, -0.2) is 23.2 Å². The average Bonchev–Trinajstić information content (AvgIpc) is 3.16. The largest absolute Gasteiger partial charge is 0.496 e. The summed E-state index contributed by atoms with van der Waals surface area (Å²) in [5.74, 6) is 0.762. The molecule has 22 heavy (non-hydrogen) atoms. The van der Waals surface area contributed by atoms with Crippen LogP contribution < -0.4 is 10.1 Å². The zero-order chi connectivity index (χ0) is 15.5. The third kappa shape index (κ3) is 2.84. The number of aromatic nitrogens is 2. The summed E-state index contributed by atoms with van der Waals surface area (Å²) >= 11 is 1.36. The molecule has 1 amide bonds. The normalized spacial score (nSPS) is 10.5. The Balaban J connectivity index is 1.82. The molecular formula is C15H13N3O3S. The molecule has 3 aromatic rings. The molecule has 3 rings (SSSR count). The molecule has 0 bridgehead atoms. The van der Waals surface area contributed by atoms with E-state index in [9.17, 15) is 4.79 Å². The molecule has 0 saturated heterocycles. The number of hydrogen-bond acceptors (Lipinski definition) is 6. The minimum atomic E-state index is -0.362. The Kier molecular flexibility index (Phi) is 3.88. The summed E-state index contributed by atoms with van der Waals surface area (Å²) in [5, 5.41) is 8.88. The number of nitrogens with zero attached hydrogens (tertiary/aromatic N) is 2. The van der Waals surface area contributed by atoms with Crippen molar-refractivity contribution in [1.29, 1.82) is 0 Å². The van der Waals surface area contributed by atoms with E-state index in [1.165, 1.54) is 11.3 Å². The zero-order valence-corrected chi connectivity index (χ0v) is 12.8. The van der Waals surface area contributed by atoms with Gasteiger partial charge in [-0.3, -0.25) is 10.1 Å². The molecular weight excluding hydrogens is 302 g/mol. The van der Waals surface area contributed by atoms with Crippen LogP contribution in [0.5, 0.6) is 5.75 Å². The minimum absolute atomic E-state index is 0.189. The van der Waals surface area contributed by atoms with Crippen molar-refractivity contribution < 1.29 is 14.1 Å². The van der Waals surface area contributed by atoms with E-state index in [0.29, 0.717) is 16.6 Å². The zero-order valence-electron chi connectivity index (χ0n) is 12.0. The summed E-state index contributed by atoms with van der Waals surface area (Å²) in [4.78, 5) is 16.3. The molecule has 2 heterocycles. The first-order valence-electron chi connectivity index (χ1n) is 6.51. The second-order valence-corrected chi connectivity index (χ2v) is 5.38. The predicted octanol–water partition coefficient (Wildman–Crippen LogP) is 3.37. The third-order valence-corrected chi connectivity index (χ3v) is 3.83. The third-order valence-electron chi connectivity index (χ3n) is 2.95. The Labute approximate surface area is 130 Å². The highest BCUT2D eigenvalue weighted by Crippen LogP contribution is 2.30. The van der Waals surface area contributed by atoms with Gasteiger partial charge in [-0.2, -0.15) is 0 Å². The summed E-state index contributed by atoms with van der Waals surface area (Å²) in [6, 6.07) is 8.95. The number of carbonyl (C=O) groups excluding carboxylic acids is 1. The van der Waals surface area contributed by atoms with Gasteiger partial charge in [-0.05, 0) is 19.1 Å². The highest BCUT2D eigenvalue weighted by atomic mass is 32.1. The van der Waals surface area contributed by atoms with E-state index < -0.39 is 0 Å². The van der Waals surface area contributed by atoms with E-state index >= 15 is 0 Å². The molecule has 7 heteroatoms. The Hall–Kier alpha value is -2.67. The quantitative estimate of drug-likeness (QED) is 0.798. The van der Waals surface area contributed by atoms with Gasteiger partial charge in [0.25, 0.3) is 5.91 Å². The van der Waals surface area contributed by atoms with E-state index in [0.717, 1.165) is 11.3 Å². The fraction of sp³-hybridized carbons (Fsp3) is 0.133. The number of nitrogens with one attached hydrogen (secondary N) is 1. The van der Waals surface area contributed by atoms with E-state index in [4.69, 9.17) is 9.26 Å². The fourth-order valence-electron chi connectivity index (χ4n) is 1.93. The lowest BCUT2D eigenvalue weighted by molar-refractivity contribution is 0.101. The lowest BCUT2D eigenvalue weighted by Gasteiger charge is -2.03. The van der Waals surface area contributed by atoms with Crippen molar-refractivity contribution in [1.82, 2.24) is 10.1 Å². The SMILES string of the molecule is COc1ccccc1-c1cc(C(=O)Nc2nc(C)cs2)no1. The van der Waals surface area contributed by atoms with Crippen molar-refractivity contribution in [3.63, 3.8) is 0 Å². The lowest BCUT2D eigenvalue weighted by Crippen LogP contribution is -2.11. The number of aryl methyl sites for hydroxylation is 1. The maximum atomic E-state index is 12.1. The highest BCUT2D eigenvalue weighted by molar-refractivity contribution is 7.13. The number of amides is 1. The van der Waals surface area contributed by atoms with Gasteiger partial charge in [-0.1, -0.05) is 17.3 Å². The molecule has 2 aromatic heterocycles. The number of anilines is 1. The molecule has 0 aliphatic carbocycles. The van der Waals surface area contributed by atoms with Gasteiger partial charge in [0, 0.05) is 11.4 Å². The van der Waals surface area contributed by atoms with E-state index in [1.807, 2.05) is 36.6 Å². The highest BCUT2D eigenvalue weighted by Gasteiger charge is 2.17. The van der Waals surface area contributed by atoms with Crippen LogP contribution in [0.4, 0.5) is 5.13 Å². The van der Waals surface area contributed by atoms with Gasteiger partial charge in [0.2, 0.25) is 0 Å². The number of para-hydroxylation sites is 1. The first-order valence-corrected chi connectivity index (χ1v) is 7.39. The summed E-state index contributed by atoms with van der Waals surface area (Å²) in [5.41, 5.74) is 1.78. The Morgan fingerprint density at radius 3 is 2.91 bits per heavy atom. The second-order valence-electron chi connectivity index (χ2n) is 4.52. The van der Waals surface area contributed by atoms with Crippen molar-refractivity contribution in [3.05, 3.63) is 47.1 Å². The summed E-state index contributed by atoms with van der Waals surface area (Å²) < 4.78 is 10.5. The van der Waals surface area contributed by atoms with Gasteiger partial charge in [0.15, 0.2) is 16.6 Å². The summed E-state index contributed by atoms with van der Waals surface area (Å²) in [6.07, 6.45) is 0. The van der Waals surface area contributed by atoms with Crippen LogP contribution in [-0.2, 0) is 0 Å². The van der Waals surface area contributed by atoms with Gasteiger partial charge < -0.3 is 9.26 Å². The van der Waals surface area contributed by atoms with Crippen molar-refractivity contribution in [2.45, 2.75) is 6.92 Å². The molecule has 0 atom stereocenters. The van der Waals surface area contributed by atoms with Gasteiger partial charge >= 0.3 is 0 Å². The Morgan fingerprint density at radius 1 is 1.36 bits per heavy atom. The average molecular weight is 315 g/mol. The molecule has 0 unspecified atom stereocenters. The first kappa shape index (κ1) is 14.3. The molecule has 0 aliphatic rings. The number of ether oxygens (including phenoxy) is 1. The predicted molar refractivity (Wildman–Crippen MR) is 83.3 cm³/mol. The Bertz CT molecular complexity index is 810. The molecule has 0 fully saturated rings. The van der Waals surface area contributed by atoms with Crippen LogP contribution in [0.25, 0.3) is 11.3 Å². The molecule has 0 spiro atoms. The second kappa shape index (κ2) is 5.98. The topological polar surface area (TPSA) is 77.2 Å². The smallest absolute Gasteiger partial charge is 0.279 e. The van der Waals surface area contributed by atoms with Crippen molar-refractivity contribution in [3.8, 4) is 17.1 Å². The number of carbonyl (C=O) groups is 1. The van der Waals surface area contributed by atoms with E-state index in [-0.39, 0.29) is 11.6 Å². The lowest BCUT2D eigenvalue weighted by atomic mass is 10.1.